The van der Waals surface area contributed by atoms with Crippen molar-refractivity contribution >= 4 is 21.4 Å². The van der Waals surface area contributed by atoms with Gasteiger partial charge in [0.25, 0.3) is 5.88 Å². The van der Waals surface area contributed by atoms with Crippen LogP contribution in [0.1, 0.15) is 0 Å². The van der Waals surface area contributed by atoms with Crippen LogP contribution in [0.4, 0.5) is 0 Å². The van der Waals surface area contributed by atoms with Crippen LogP contribution in [0, 0.1) is 0 Å². The monoisotopic (exact) mass is 196 g/mol. The summed E-state index contributed by atoms with van der Waals surface area (Å²) in [7, 11) is 3.16. The molecule has 0 radical (unpaired) electrons. The smallest absolute Gasteiger partial charge is 0.251 e. The summed E-state index contributed by atoms with van der Waals surface area (Å²) in [5.41, 5.74) is 0. The van der Waals surface area contributed by atoms with Crippen LogP contribution in [-0.4, -0.2) is 24.4 Å². The number of aromatic nitrogens is 2. The van der Waals surface area contributed by atoms with Crippen LogP contribution in [0.5, 0.6) is 11.8 Å². The molecule has 2 aromatic rings. The lowest BCUT2D eigenvalue weighted by Gasteiger charge is -2.02. The van der Waals surface area contributed by atoms with Crippen molar-refractivity contribution in [3.8, 4) is 11.8 Å². The third-order valence-electron chi connectivity index (χ3n) is 1.71. The van der Waals surface area contributed by atoms with E-state index >= 15 is 0 Å². The highest BCUT2D eigenvalue weighted by molar-refractivity contribution is 7.17. The standard InChI is InChI=1S/C8H8N2O2S/c1-11-7-5-3-4-13-6(5)8(12-2)10-9-7/h3-4H,1-2H3. The maximum atomic E-state index is 5.07. The first-order valence-corrected chi connectivity index (χ1v) is 4.56. The average molecular weight is 196 g/mol. The van der Waals surface area contributed by atoms with E-state index in [0.717, 1.165) is 10.1 Å². The van der Waals surface area contributed by atoms with Crippen molar-refractivity contribution in [1.29, 1.82) is 0 Å². The highest BCUT2D eigenvalue weighted by Gasteiger charge is 2.10. The summed E-state index contributed by atoms with van der Waals surface area (Å²) in [4.78, 5) is 0. The molecule has 2 rings (SSSR count). The largest absolute Gasteiger partial charge is 0.479 e. The zero-order chi connectivity index (χ0) is 9.26. The van der Waals surface area contributed by atoms with Gasteiger partial charge in [-0.3, -0.25) is 0 Å². The van der Waals surface area contributed by atoms with Gasteiger partial charge in [0.1, 0.15) is 4.70 Å². The summed E-state index contributed by atoms with van der Waals surface area (Å²) in [6, 6.07) is 1.94. The molecule has 4 nitrogen and oxygen atoms in total. The molecule has 0 aliphatic rings. The summed E-state index contributed by atoms with van der Waals surface area (Å²) in [5.74, 6) is 1.09. The van der Waals surface area contributed by atoms with E-state index in [1.165, 1.54) is 0 Å². The van der Waals surface area contributed by atoms with Crippen LogP contribution in [0.3, 0.4) is 0 Å². The molecule has 0 aliphatic carbocycles. The second kappa shape index (κ2) is 3.18. The van der Waals surface area contributed by atoms with Crippen molar-refractivity contribution in [1.82, 2.24) is 10.2 Å². The number of hydrogen-bond acceptors (Lipinski definition) is 5. The maximum Gasteiger partial charge on any atom is 0.251 e. The Morgan fingerprint density at radius 1 is 1.15 bits per heavy atom. The number of thiophene rings is 1. The quantitative estimate of drug-likeness (QED) is 0.733. The molecule has 0 saturated carbocycles. The van der Waals surface area contributed by atoms with Gasteiger partial charge in [-0.2, -0.15) is 0 Å². The Bertz CT molecular complexity index is 389. The molecule has 0 bridgehead atoms. The highest BCUT2D eigenvalue weighted by Crippen LogP contribution is 2.32. The molecular weight excluding hydrogens is 188 g/mol. The topological polar surface area (TPSA) is 44.2 Å². The Labute approximate surface area is 79.1 Å². The minimum absolute atomic E-state index is 0.539. The highest BCUT2D eigenvalue weighted by atomic mass is 32.1. The number of nitrogens with zero attached hydrogens (tertiary/aromatic N) is 2. The van der Waals surface area contributed by atoms with Gasteiger partial charge in [-0.25, -0.2) is 0 Å². The van der Waals surface area contributed by atoms with Crippen LogP contribution in [0.15, 0.2) is 11.4 Å². The minimum Gasteiger partial charge on any atom is -0.479 e. The molecule has 13 heavy (non-hydrogen) atoms. The van der Waals surface area contributed by atoms with E-state index in [1.807, 2.05) is 11.4 Å². The molecule has 0 saturated heterocycles. The van der Waals surface area contributed by atoms with E-state index in [9.17, 15) is 0 Å². The van der Waals surface area contributed by atoms with E-state index in [0.29, 0.717) is 11.8 Å². The Morgan fingerprint density at radius 2 is 1.85 bits per heavy atom. The zero-order valence-corrected chi connectivity index (χ0v) is 8.09. The molecular formula is C8H8N2O2S. The van der Waals surface area contributed by atoms with Gasteiger partial charge in [-0.15, -0.1) is 21.5 Å². The van der Waals surface area contributed by atoms with Crippen molar-refractivity contribution in [2.24, 2.45) is 0 Å². The van der Waals surface area contributed by atoms with Crippen LogP contribution < -0.4 is 9.47 Å². The van der Waals surface area contributed by atoms with Crippen molar-refractivity contribution < 1.29 is 9.47 Å². The normalized spacial score (nSPS) is 10.3. The molecule has 0 aromatic carbocycles. The zero-order valence-electron chi connectivity index (χ0n) is 7.27. The molecule has 0 atom stereocenters. The van der Waals surface area contributed by atoms with Crippen molar-refractivity contribution in [3.63, 3.8) is 0 Å². The van der Waals surface area contributed by atoms with Gasteiger partial charge in [-0.05, 0) is 11.4 Å². The Kier molecular flexibility index (Phi) is 2.02. The van der Waals surface area contributed by atoms with Gasteiger partial charge in [0.15, 0.2) is 0 Å². The molecule has 0 unspecified atom stereocenters. The second-order valence-corrected chi connectivity index (χ2v) is 3.30. The third-order valence-corrected chi connectivity index (χ3v) is 2.61. The Balaban J connectivity index is 2.74. The summed E-state index contributed by atoms with van der Waals surface area (Å²) < 4.78 is 11.1. The SMILES string of the molecule is COc1nnc(OC)c2sccc12. The molecule has 5 heteroatoms. The number of rotatable bonds is 2. The lowest BCUT2D eigenvalue weighted by atomic mass is 10.3. The molecule has 0 amide bonds. The fraction of sp³-hybridized carbons (Fsp3) is 0.250. The van der Waals surface area contributed by atoms with Crippen molar-refractivity contribution in [2.45, 2.75) is 0 Å². The summed E-state index contributed by atoms with van der Waals surface area (Å²) >= 11 is 1.56. The van der Waals surface area contributed by atoms with Gasteiger partial charge < -0.3 is 9.47 Å². The van der Waals surface area contributed by atoms with Crippen molar-refractivity contribution in [2.75, 3.05) is 14.2 Å². The number of fused-ring (bicyclic) bond motifs is 1. The molecule has 0 N–H and O–H groups in total. The summed E-state index contributed by atoms with van der Waals surface area (Å²) in [5, 5.41) is 10.7. The predicted octanol–water partition coefficient (Wildman–Crippen LogP) is 1.71. The Morgan fingerprint density at radius 3 is 2.54 bits per heavy atom. The number of hydrogen-bond donors (Lipinski definition) is 0. The third kappa shape index (κ3) is 1.21. The number of methoxy groups -OCH3 is 2. The average Bonchev–Trinajstić information content (AvgIpc) is 2.64. The number of ether oxygens (including phenoxy) is 2. The van der Waals surface area contributed by atoms with E-state index in [2.05, 4.69) is 10.2 Å². The summed E-state index contributed by atoms with van der Waals surface area (Å²) in [6.07, 6.45) is 0. The lowest BCUT2D eigenvalue weighted by molar-refractivity contribution is 0.376. The van der Waals surface area contributed by atoms with E-state index in [1.54, 1.807) is 25.6 Å². The van der Waals surface area contributed by atoms with Gasteiger partial charge in [0.05, 0.1) is 19.6 Å². The molecule has 0 fully saturated rings. The first-order valence-electron chi connectivity index (χ1n) is 3.68. The van der Waals surface area contributed by atoms with E-state index in [-0.39, 0.29) is 0 Å². The molecule has 2 aromatic heterocycles. The van der Waals surface area contributed by atoms with Crippen LogP contribution >= 0.6 is 11.3 Å². The molecule has 2 heterocycles. The Hall–Kier alpha value is -1.36. The van der Waals surface area contributed by atoms with E-state index in [4.69, 9.17) is 9.47 Å². The summed E-state index contributed by atoms with van der Waals surface area (Å²) in [6.45, 7) is 0. The van der Waals surface area contributed by atoms with Crippen molar-refractivity contribution in [3.05, 3.63) is 11.4 Å². The van der Waals surface area contributed by atoms with Crippen LogP contribution in [0.2, 0.25) is 0 Å². The molecule has 0 spiro atoms. The predicted molar refractivity (Wildman–Crippen MR) is 50.5 cm³/mol. The van der Waals surface area contributed by atoms with Gasteiger partial charge >= 0.3 is 0 Å². The van der Waals surface area contributed by atoms with Gasteiger partial charge in [-0.1, -0.05) is 0 Å². The molecule has 0 aliphatic heterocycles. The first kappa shape index (κ1) is 8.25. The minimum atomic E-state index is 0.539. The lowest BCUT2D eigenvalue weighted by Crippen LogP contribution is -1.94. The van der Waals surface area contributed by atoms with Crippen LogP contribution in [0.25, 0.3) is 10.1 Å². The first-order chi connectivity index (χ1) is 6.36. The molecule has 68 valence electrons. The van der Waals surface area contributed by atoms with Crippen LogP contribution in [-0.2, 0) is 0 Å². The fourth-order valence-corrected chi connectivity index (χ4v) is 1.97. The van der Waals surface area contributed by atoms with E-state index < -0.39 is 0 Å². The van der Waals surface area contributed by atoms with Gasteiger partial charge in [0, 0.05) is 0 Å². The fourth-order valence-electron chi connectivity index (χ4n) is 1.12. The van der Waals surface area contributed by atoms with Gasteiger partial charge in [0.2, 0.25) is 5.88 Å². The maximum absolute atomic E-state index is 5.07. The second-order valence-electron chi connectivity index (χ2n) is 2.38.